The predicted molar refractivity (Wildman–Crippen MR) is 94.6 cm³/mol. The van der Waals surface area contributed by atoms with Crippen LogP contribution in [0.25, 0.3) is 27.8 Å². The number of rotatable bonds is 2. The van der Waals surface area contributed by atoms with Crippen molar-refractivity contribution in [1.82, 2.24) is 4.57 Å². The van der Waals surface area contributed by atoms with E-state index in [1.165, 1.54) is 27.6 Å². The highest BCUT2D eigenvalue weighted by Crippen LogP contribution is 2.32. The van der Waals surface area contributed by atoms with Gasteiger partial charge in [-0.25, -0.2) is 4.57 Å². The molecule has 0 aliphatic carbocycles. The molecule has 23 heavy (non-hydrogen) atoms. The molecule has 2 aromatic heterocycles. The van der Waals surface area contributed by atoms with Crippen LogP contribution in [-0.2, 0) is 7.05 Å². The minimum atomic E-state index is 1.16. The van der Waals surface area contributed by atoms with Gasteiger partial charge in [-0.15, -0.1) is 0 Å². The van der Waals surface area contributed by atoms with Gasteiger partial charge in [-0.3, -0.25) is 0 Å². The Morgan fingerprint density at radius 3 is 2.39 bits per heavy atom. The maximum atomic E-state index is 2.27. The summed E-state index contributed by atoms with van der Waals surface area (Å²) in [6.07, 6.45) is 4.24. The Morgan fingerprint density at radius 1 is 0.783 bits per heavy atom. The van der Waals surface area contributed by atoms with Crippen LogP contribution in [0.3, 0.4) is 0 Å². The molecule has 0 spiro atoms. The molecule has 0 radical (unpaired) electrons. The fourth-order valence-electron chi connectivity index (χ4n) is 3.24. The van der Waals surface area contributed by atoms with Crippen molar-refractivity contribution in [3.63, 3.8) is 0 Å². The van der Waals surface area contributed by atoms with E-state index in [-0.39, 0.29) is 0 Å². The SMILES string of the molecule is Cc1ccccc1-c1cccc2ccn(-c3cccc[n+]3C)c12. The van der Waals surface area contributed by atoms with E-state index in [9.17, 15) is 0 Å². The molecule has 0 aliphatic heterocycles. The highest BCUT2D eigenvalue weighted by atomic mass is 15.1. The van der Waals surface area contributed by atoms with Crippen LogP contribution in [0.4, 0.5) is 0 Å². The van der Waals surface area contributed by atoms with Gasteiger partial charge in [0.15, 0.2) is 0 Å². The maximum absolute atomic E-state index is 2.27. The summed E-state index contributed by atoms with van der Waals surface area (Å²) >= 11 is 0. The number of hydrogen-bond acceptors (Lipinski definition) is 0. The molecule has 112 valence electrons. The summed E-state index contributed by atoms with van der Waals surface area (Å²) < 4.78 is 4.42. The Morgan fingerprint density at radius 2 is 1.57 bits per heavy atom. The summed E-state index contributed by atoms with van der Waals surface area (Å²) in [6, 6.07) is 23.6. The second kappa shape index (κ2) is 5.40. The summed E-state index contributed by atoms with van der Waals surface area (Å²) in [6.45, 7) is 2.17. The molecular formula is C21H19N2+. The lowest BCUT2D eigenvalue weighted by Crippen LogP contribution is -2.32. The number of aryl methyl sites for hydroxylation is 2. The lowest BCUT2D eigenvalue weighted by atomic mass is 9.99. The summed E-state index contributed by atoms with van der Waals surface area (Å²) in [5.74, 6) is 1.16. The standard InChI is InChI=1S/C21H19N2/c1-16-8-3-4-10-18(16)19-11-7-9-17-13-15-23(21(17)19)20-12-5-6-14-22(20)2/h3-15H,1-2H3/q+1. The van der Waals surface area contributed by atoms with Crippen molar-refractivity contribution in [3.8, 4) is 16.9 Å². The first-order valence-electron chi connectivity index (χ1n) is 7.87. The van der Waals surface area contributed by atoms with Gasteiger partial charge >= 0.3 is 0 Å². The molecule has 0 saturated heterocycles. The van der Waals surface area contributed by atoms with Crippen molar-refractivity contribution >= 4 is 10.9 Å². The second-order valence-corrected chi connectivity index (χ2v) is 5.91. The molecule has 4 aromatic rings. The van der Waals surface area contributed by atoms with Gasteiger partial charge in [0.1, 0.15) is 5.52 Å². The van der Waals surface area contributed by atoms with E-state index in [1.807, 2.05) is 0 Å². The first kappa shape index (κ1) is 13.8. The molecule has 0 unspecified atom stereocenters. The molecule has 0 amide bonds. The van der Waals surface area contributed by atoms with E-state index in [1.54, 1.807) is 0 Å². The highest BCUT2D eigenvalue weighted by molar-refractivity contribution is 5.96. The van der Waals surface area contributed by atoms with Crippen molar-refractivity contribution in [2.45, 2.75) is 6.92 Å². The van der Waals surface area contributed by atoms with Crippen LogP contribution >= 0.6 is 0 Å². The zero-order chi connectivity index (χ0) is 15.8. The molecule has 4 rings (SSSR count). The number of benzene rings is 2. The van der Waals surface area contributed by atoms with Crippen LogP contribution < -0.4 is 4.57 Å². The lowest BCUT2D eigenvalue weighted by molar-refractivity contribution is -0.665. The van der Waals surface area contributed by atoms with Gasteiger partial charge in [0.2, 0.25) is 0 Å². The number of para-hydroxylation sites is 1. The van der Waals surface area contributed by atoms with Crippen LogP contribution in [0.1, 0.15) is 5.56 Å². The van der Waals surface area contributed by atoms with Gasteiger partial charge in [0.25, 0.3) is 5.82 Å². The Bertz CT molecular complexity index is 996. The summed E-state index contributed by atoms with van der Waals surface area (Å²) in [5, 5.41) is 1.26. The fourth-order valence-corrected chi connectivity index (χ4v) is 3.24. The molecule has 0 aliphatic rings. The first-order valence-corrected chi connectivity index (χ1v) is 7.87. The van der Waals surface area contributed by atoms with Crippen molar-refractivity contribution < 1.29 is 4.57 Å². The third kappa shape index (κ3) is 2.23. The van der Waals surface area contributed by atoms with Crippen LogP contribution in [0.2, 0.25) is 0 Å². The van der Waals surface area contributed by atoms with Crippen LogP contribution in [0, 0.1) is 6.92 Å². The monoisotopic (exact) mass is 299 g/mol. The molecule has 0 atom stereocenters. The normalized spacial score (nSPS) is 11.0. The summed E-state index contributed by atoms with van der Waals surface area (Å²) in [4.78, 5) is 0. The molecular weight excluding hydrogens is 280 g/mol. The largest absolute Gasteiger partial charge is 0.286 e. The van der Waals surface area contributed by atoms with Crippen LogP contribution in [0.5, 0.6) is 0 Å². The zero-order valence-electron chi connectivity index (χ0n) is 13.4. The van der Waals surface area contributed by atoms with Crippen molar-refractivity contribution in [2.24, 2.45) is 7.05 Å². The second-order valence-electron chi connectivity index (χ2n) is 5.91. The fraction of sp³-hybridized carbons (Fsp3) is 0.0952. The molecule has 2 heteroatoms. The number of aromatic nitrogens is 2. The zero-order valence-corrected chi connectivity index (χ0v) is 13.4. The third-order valence-electron chi connectivity index (χ3n) is 4.42. The van der Waals surface area contributed by atoms with Crippen LogP contribution in [0.15, 0.2) is 79.1 Å². The van der Waals surface area contributed by atoms with E-state index in [2.05, 4.69) is 102 Å². The lowest BCUT2D eigenvalue weighted by Gasteiger charge is -2.09. The van der Waals surface area contributed by atoms with Crippen molar-refractivity contribution in [3.05, 3.63) is 84.7 Å². The minimum absolute atomic E-state index is 1.16. The van der Waals surface area contributed by atoms with Crippen molar-refractivity contribution in [2.75, 3.05) is 0 Å². The highest BCUT2D eigenvalue weighted by Gasteiger charge is 2.17. The minimum Gasteiger partial charge on any atom is -0.237 e. The summed E-state index contributed by atoms with van der Waals surface area (Å²) in [7, 11) is 2.08. The molecule has 2 aromatic carbocycles. The van der Waals surface area contributed by atoms with Crippen LogP contribution in [-0.4, -0.2) is 4.57 Å². The molecule has 0 bridgehead atoms. The van der Waals surface area contributed by atoms with E-state index in [0.29, 0.717) is 0 Å². The number of pyridine rings is 1. The first-order chi connectivity index (χ1) is 11.3. The maximum Gasteiger partial charge on any atom is 0.286 e. The third-order valence-corrected chi connectivity index (χ3v) is 4.42. The van der Waals surface area contributed by atoms with Gasteiger partial charge in [0.05, 0.1) is 19.4 Å². The molecule has 2 nitrogen and oxygen atoms in total. The van der Waals surface area contributed by atoms with E-state index in [4.69, 9.17) is 0 Å². The number of fused-ring (bicyclic) bond motifs is 1. The topological polar surface area (TPSA) is 8.81 Å². The van der Waals surface area contributed by atoms with Gasteiger partial charge in [-0.2, -0.15) is 4.57 Å². The average Bonchev–Trinajstić information content (AvgIpc) is 3.00. The molecule has 0 saturated carbocycles. The van der Waals surface area contributed by atoms with E-state index in [0.717, 1.165) is 5.82 Å². The Labute approximate surface area is 136 Å². The summed E-state index contributed by atoms with van der Waals surface area (Å²) in [5.41, 5.74) is 5.11. The van der Waals surface area contributed by atoms with E-state index >= 15 is 0 Å². The molecule has 0 fully saturated rings. The Balaban J connectivity index is 2.06. The number of nitrogens with zero attached hydrogens (tertiary/aromatic N) is 2. The average molecular weight is 299 g/mol. The van der Waals surface area contributed by atoms with Gasteiger partial charge in [-0.1, -0.05) is 48.5 Å². The smallest absolute Gasteiger partial charge is 0.237 e. The Hall–Kier alpha value is -2.87. The van der Waals surface area contributed by atoms with Gasteiger partial charge in [-0.05, 0) is 30.2 Å². The van der Waals surface area contributed by atoms with Gasteiger partial charge in [0, 0.05) is 17.0 Å². The quantitative estimate of drug-likeness (QED) is 0.484. The number of hydrogen-bond donors (Lipinski definition) is 0. The van der Waals surface area contributed by atoms with Crippen molar-refractivity contribution in [1.29, 1.82) is 0 Å². The van der Waals surface area contributed by atoms with E-state index < -0.39 is 0 Å². The Kier molecular flexibility index (Phi) is 3.23. The molecule has 0 N–H and O–H groups in total. The molecule has 2 heterocycles. The predicted octanol–water partition coefficient (Wildman–Crippen LogP) is 4.43. The van der Waals surface area contributed by atoms with Gasteiger partial charge < -0.3 is 0 Å².